The fourth-order valence-corrected chi connectivity index (χ4v) is 2.25. The van der Waals surface area contributed by atoms with Crippen LogP contribution in [0, 0.1) is 0 Å². The Hall–Kier alpha value is -1.75. The Bertz CT molecular complexity index is 474. The Morgan fingerprint density at radius 2 is 2.10 bits per heavy atom. The zero-order valence-electron chi connectivity index (χ0n) is 11.6. The number of carbonyl (C=O) groups is 2. The van der Waals surface area contributed by atoms with Crippen molar-refractivity contribution in [2.24, 2.45) is 0 Å². The van der Waals surface area contributed by atoms with Crippen molar-refractivity contribution in [1.82, 2.24) is 0 Å². The van der Waals surface area contributed by atoms with Crippen LogP contribution in [0.2, 0.25) is 0 Å². The maximum atomic E-state index is 11.8. The fourth-order valence-electron chi connectivity index (χ4n) is 1.51. The number of hydrogen-bond acceptors (Lipinski definition) is 4. The van der Waals surface area contributed by atoms with Crippen LogP contribution in [-0.2, 0) is 14.3 Å². The van der Waals surface area contributed by atoms with Gasteiger partial charge in [0, 0.05) is 17.1 Å². The van der Waals surface area contributed by atoms with Gasteiger partial charge < -0.3 is 10.1 Å². The molecule has 0 bridgehead atoms. The van der Waals surface area contributed by atoms with Crippen LogP contribution < -0.4 is 5.32 Å². The van der Waals surface area contributed by atoms with Gasteiger partial charge in [0.05, 0.1) is 18.7 Å². The Morgan fingerprint density at radius 1 is 1.35 bits per heavy atom. The van der Waals surface area contributed by atoms with Crippen molar-refractivity contribution in [3.63, 3.8) is 0 Å². The van der Waals surface area contributed by atoms with E-state index in [4.69, 9.17) is 4.74 Å². The summed E-state index contributed by atoms with van der Waals surface area (Å²) < 4.78 is 4.79. The minimum Gasteiger partial charge on any atom is -0.466 e. The lowest BCUT2D eigenvalue weighted by Crippen LogP contribution is -2.15. The molecule has 0 aromatic heterocycles. The summed E-state index contributed by atoms with van der Waals surface area (Å²) in [5.74, 6) is 0.233. The molecule has 20 heavy (non-hydrogen) atoms. The molecule has 0 spiro atoms. The number of ether oxygens (including phenoxy) is 1. The smallest absolute Gasteiger partial charge is 0.306 e. The molecule has 0 saturated carbocycles. The van der Waals surface area contributed by atoms with E-state index in [-0.39, 0.29) is 24.7 Å². The molecule has 0 unspecified atom stereocenters. The second kappa shape index (κ2) is 9.20. The molecular formula is C15H19NO3S. The summed E-state index contributed by atoms with van der Waals surface area (Å²) in [5.41, 5.74) is 0.758. The van der Waals surface area contributed by atoms with Crippen LogP contribution in [-0.4, -0.2) is 24.2 Å². The third-order valence-electron chi connectivity index (χ3n) is 2.38. The second-order valence-electron chi connectivity index (χ2n) is 3.95. The van der Waals surface area contributed by atoms with E-state index in [1.807, 2.05) is 30.3 Å². The zero-order valence-corrected chi connectivity index (χ0v) is 12.4. The Labute approximate surface area is 123 Å². The topological polar surface area (TPSA) is 55.4 Å². The highest BCUT2D eigenvalue weighted by molar-refractivity contribution is 7.99. The van der Waals surface area contributed by atoms with Crippen LogP contribution in [0.4, 0.5) is 5.69 Å². The van der Waals surface area contributed by atoms with Gasteiger partial charge in [0.1, 0.15) is 0 Å². The molecule has 0 fully saturated rings. The van der Waals surface area contributed by atoms with Crippen molar-refractivity contribution in [3.05, 3.63) is 36.9 Å². The number of thioether (sulfide) groups is 1. The monoisotopic (exact) mass is 293 g/mol. The lowest BCUT2D eigenvalue weighted by Gasteiger charge is -2.09. The van der Waals surface area contributed by atoms with Gasteiger partial charge in [-0.25, -0.2) is 0 Å². The normalized spacial score (nSPS) is 9.85. The Balaban J connectivity index is 2.52. The number of carbonyl (C=O) groups excluding carboxylic acids is 2. The molecule has 5 heteroatoms. The molecule has 1 N–H and O–H groups in total. The van der Waals surface area contributed by atoms with Crippen LogP contribution in [0.5, 0.6) is 0 Å². The maximum Gasteiger partial charge on any atom is 0.306 e. The van der Waals surface area contributed by atoms with E-state index in [9.17, 15) is 9.59 Å². The van der Waals surface area contributed by atoms with E-state index in [2.05, 4.69) is 11.9 Å². The largest absolute Gasteiger partial charge is 0.466 e. The van der Waals surface area contributed by atoms with Crippen molar-refractivity contribution in [2.45, 2.75) is 24.7 Å². The minimum atomic E-state index is -0.350. The predicted octanol–water partition coefficient (Wildman–Crippen LogP) is 3.25. The van der Waals surface area contributed by atoms with Crippen molar-refractivity contribution in [1.29, 1.82) is 0 Å². The van der Waals surface area contributed by atoms with Crippen LogP contribution >= 0.6 is 11.8 Å². The molecule has 4 nitrogen and oxygen atoms in total. The minimum absolute atomic E-state index is 0.0989. The molecule has 1 aromatic rings. The molecular weight excluding hydrogens is 274 g/mol. The molecule has 1 amide bonds. The number of nitrogens with one attached hydrogen (secondary N) is 1. The van der Waals surface area contributed by atoms with Gasteiger partial charge in [-0.15, -0.1) is 18.3 Å². The van der Waals surface area contributed by atoms with Crippen LogP contribution in [0.25, 0.3) is 0 Å². The third-order valence-corrected chi connectivity index (χ3v) is 3.45. The zero-order chi connectivity index (χ0) is 14.8. The van der Waals surface area contributed by atoms with Gasteiger partial charge in [0.2, 0.25) is 5.91 Å². The van der Waals surface area contributed by atoms with Gasteiger partial charge in [-0.05, 0) is 19.1 Å². The van der Waals surface area contributed by atoms with Crippen molar-refractivity contribution in [3.8, 4) is 0 Å². The van der Waals surface area contributed by atoms with Gasteiger partial charge in [0.25, 0.3) is 0 Å². The third kappa shape index (κ3) is 5.93. The summed E-state index contributed by atoms with van der Waals surface area (Å²) in [6, 6.07) is 7.56. The Kier molecular flexibility index (Phi) is 7.50. The van der Waals surface area contributed by atoms with Crippen LogP contribution in [0.3, 0.4) is 0 Å². The van der Waals surface area contributed by atoms with E-state index in [1.54, 1.807) is 18.7 Å². The highest BCUT2D eigenvalue weighted by Gasteiger charge is 2.09. The van der Waals surface area contributed by atoms with Gasteiger partial charge in [-0.3, -0.25) is 9.59 Å². The molecule has 0 heterocycles. The van der Waals surface area contributed by atoms with Crippen LogP contribution in [0.15, 0.2) is 41.8 Å². The average Bonchev–Trinajstić information content (AvgIpc) is 2.44. The first-order valence-electron chi connectivity index (χ1n) is 6.45. The van der Waals surface area contributed by atoms with E-state index in [0.29, 0.717) is 6.61 Å². The summed E-state index contributed by atoms with van der Waals surface area (Å²) in [6.45, 7) is 5.75. The lowest BCUT2D eigenvalue weighted by atomic mass is 10.2. The average molecular weight is 293 g/mol. The van der Waals surface area contributed by atoms with E-state index in [1.165, 1.54) is 0 Å². The number of hydrogen-bond donors (Lipinski definition) is 1. The quantitative estimate of drug-likeness (QED) is 0.454. The summed E-state index contributed by atoms with van der Waals surface area (Å²) in [7, 11) is 0. The second-order valence-corrected chi connectivity index (χ2v) is 5.01. The summed E-state index contributed by atoms with van der Waals surface area (Å²) in [6.07, 6.45) is 2.03. The predicted molar refractivity (Wildman–Crippen MR) is 81.9 cm³/mol. The molecule has 108 valence electrons. The molecule has 1 rings (SSSR count). The number of rotatable bonds is 8. The number of benzene rings is 1. The highest BCUT2D eigenvalue weighted by atomic mass is 32.2. The number of anilines is 1. The standard InChI is InChI=1S/C15H19NO3S/c1-3-11-20-13-8-6-5-7-12(13)16-14(17)9-10-15(18)19-4-2/h3,5-8H,1,4,9-11H2,2H3,(H,16,17). The Morgan fingerprint density at radius 3 is 2.80 bits per heavy atom. The van der Waals surface area contributed by atoms with Crippen molar-refractivity contribution in [2.75, 3.05) is 17.7 Å². The van der Waals surface area contributed by atoms with E-state index >= 15 is 0 Å². The first-order chi connectivity index (χ1) is 9.67. The molecule has 0 atom stereocenters. The van der Waals surface area contributed by atoms with E-state index < -0.39 is 0 Å². The number of esters is 1. The molecule has 0 aliphatic rings. The molecule has 0 saturated heterocycles. The number of amides is 1. The summed E-state index contributed by atoms with van der Waals surface area (Å²) in [4.78, 5) is 24.0. The van der Waals surface area contributed by atoms with Gasteiger partial charge >= 0.3 is 5.97 Å². The van der Waals surface area contributed by atoms with Gasteiger partial charge in [-0.1, -0.05) is 18.2 Å². The molecule has 0 aliphatic carbocycles. The SMILES string of the molecule is C=CCSc1ccccc1NC(=O)CCC(=O)OCC. The highest BCUT2D eigenvalue weighted by Crippen LogP contribution is 2.27. The number of para-hydroxylation sites is 1. The molecule has 0 radical (unpaired) electrons. The van der Waals surface area contributed by atoms with Crippen LogP contribution in [0.1, 0.15) is 19.8 Å². The molecule has 1 aromatic carbocycles. The van der Waals surface area contributed by atoms with E-state index in [0.717, 1.165) is 16.3 Å². The molecule has 0 aliphatic heterocycles. The summed E-state index contributed by atoms with van der Waals surface area (Å²) >= 11 is 1.60. The lowest BCUT2D eigenvalue weighted by molar-refractivity contribution is -0.144. The van der Waals surface area contributed by atoms with Gasteiger partial charge in [-0.2, -0.15) is 0 Å². The van der Waals surface area contributed by atoms with Crippen molar-refractivity contribution < 1.29 is 14.3 Å². The summed E-state index contributed by atoms with van der Waals surface area (Å²) in [5, 5.41) is 2.82. The van der Waals surface area contributed by atoms with Crippen molar-refractivity contribution >= 4 is 29.3 Å². The fraction of sp³-hybridized carbons (Fsp3) is 0.333. The maximum absolute atomic E-state index is 11.8. The first kappa shape index (κ1) is 16.3. The first-order valence-corrected chi connectivity index (χ1v) is 7.44. The van der Waals surface area contributed by atoms with Gasteiger partial charge in [0.15, 0.2) is 0 Å².